The Labute approximate surface area is 90.3 Å². The van der Waals surface area contributed by atoms with Gasteiger partial charge >= 0.3 is 0 Å². The van der Waals surface area contributed by atoms with E-state index in [1.165, 1.54) is 30.4 Å². The highest BCUT2D eigenvalue weighted by Crippen LogP contribution is 2.31. The fourth-order valence-electron chi connectivity index (χ4n) is 2.79. The van der Waals surface area contributed by atoms with Crippen molar-refractivity contribution >= 4 is 0 Å². The molecule has 0 bridgehead atoms. The fourth-order valence-corrected chi connectivity index (χ4v) is 2.79. The van der Waals surface area contributed by atoms with Crippen LogP contribution in [0.25, 0.3) is 0 Å². The highest BCUT2D eigenvalue weighted by atomic mass is 16.3. The Balaban J connectivity index is 1.98. The molecule has 1 aromatic rings. The van der Waals surface area contributed by atoms with E-state index < -0.39 is 5.60 Å². The van der Waals surface area contributed by atoms with Crippen LogP contribution in [0, 0.1) is 0 Å². The van der Waals surface area contributed by atoms with Crippen molar-refractivity contribution in [2.45, 2.75) is 31.3 Å². The number of benzene rings is 1. The molecule has 1 saturated heterocycles. The van der Waals surface area contributed by atoms with Crippen LogP contribution in [0.4, 0.5) is 0 Å². The average Bonchev–Trinajstić information content (AvgIpc) is 2.85. The molecule has 2 aliphatic rings. The molecule has 1 atom stereocenters. The number of hydrogen-bond donors (Lipinski definition) is 2. The summed E-state index contributed by atoms with van der Waals surface area (Å²) < 4.78 is 0. The second-order valence-corrected chi connectivity index (χ2v) is 4.80. The van der Waals surface area contributed by atoms with E-state index in [4.69, 9.17) is 0 Å². The summed E-state index contributed by atoms with van der Waals surface area (Å²) >= 11 is 0. The first kappa shape index (κ1) is 9.37. The van der Waals surface area contributed by atoms with E-state index in [0.29, 0.717) is 6.54 Å². The lowest BCUT2D eigenvalue weighted by Gasteiger charge is -2.22. The first-order valence-electron chi connectivity index (χ1n) is 5.83. The van der Waals surface area contributed by atoms with E-state index in [1.54, 1.807) is 0 Å². The lowest BCUT2D eigenvalue weighted by Crippen LogP contribution is -2.28. The predicted octanol–water partition coefficient (Wildman–Crippen LogP) is 1.36. The molecular weight excluding hydrogens is 186 g/mol. The lowest BCUT2D eigenvalue weighted by atomic mass is 9.91. The zero-order chi connectivity index (χ0) is 10.3. The van der Waals surface area contributed by atoms with Crippen LogP contribution in [-0.2, 0) is 18.4 Å². The third kappa shape index (κ3) is 1.48. The molecule has 15 heavy (non-hydrogen) atoms. The maximum absolute atomic E-state index is 10.4. The van der Waals surface area contributed by atoms with Gasteiger partial charge in [-0.2, -0.15) is 0 Å². The Morgan fingerprint density at radius 2 is 2.07 bits per heavy atom. The topological polar surface area (TPSA) is 32.3 Å². The van der Waals surface area contributed by atoms with Gasteiger partial charge in [0.2, 0.25) is 0 Å². The number of nitrogens with one attached hydrogen (secondary N) is 1. The van der Waals surface area contributed by atoms with Crippen LogP contribution in [0.15, 0.2) is 18.2 Å². The summed E-state index contributed by atoms with van der Waals surface area (Å²) in [5.74, 6) is 0. The van der Waals surface area contributed by atoms with Gasteiger partial charge in [0, 0.05) is 6.54 Å². The number of fused-ring (bicyclic) bond motifs is 1. The summed E-state index contributed by atoms with van der Waals surface area (Å²) in [6, 6.07) is 6.53. The quantitative estimate of drug-likeness (QED) is 0.722. The molecule has 2 heteroatoms. The van der Waals surface area contributed by atoms with E-state index >= 15 is 0 Å². The molecule has 80 valence electrons. The van der Waals surface area contributed by atoms with Crippen molar-refractivity contribution in [2.75, 3.05) is 13.1 Å². The van der Waals surface area contributed by atoms with Gasteiger partial charge in [0.1, 0.15) is 5.60 Å². The third-order valence-corrected chi connectivity index (χ3v) is 3.77. The van der Waals surface area contributed by atoms with Crippen molar-refractivity contribution in [2.24, 2.45) is 0 Å². The van der Waals surface area contributed by atoms with Crippen LogP contribution in [0.1, 0.15) is 29.5 Å². The summed E-state index contributed by atoms with van der Waals surface area (Å²) in [6.07, 6.45) is 4.51. The Kier molecular flexibility index (Phi) is 2.08. The maximum atomic E-state index is 10.4. The van der Waals surface area contributed by atoms with Crippen LogP contribution in [0.3, 0.4) is 0 Å². The van der Waals surface area contributed by atoms with Crippen LogP contribution in [0.5, 0.6) is 0 Å². The van der Waals surface area contributed by atoms with Gasteiger partial charge in [-0.25, -0.2) is 0 Å². The van der Waals surface area contributed by atoms with Gasteiger partial charge in [0.25, 0.3) is 0 Å². The Hall–Kier alpha value is -0.860. The first-order valence-corrected chi connectivity index (χ1v) is 5.83. The second kappa shape index (κ2) is 3.32. The van der Waals surface area contributed by atoms with Crippen molar-refractivity contribution in [3.63, 3.8) is 0 Å². The Morgan fingerprint density at radius 1 is 1.20 bits per heavy atom. The van der Waals surface area contributed by atoms with Crippen molar-refractivity contribution in [3.05, 3.63) is 34.9 Å². The Bertz CT molecular complexity index is 380. The minimum absolute atomic E-state index is 0.613. The van der Waals surface area contributed by atoms with Crippen molar-refractivity contribution in [1.82, 2.24) is 5.32 Å². The molecule has 0 saturated carbocycles. The number of rotatable bonds is 1. The van der Waals surface area contributed by atoms with Crippen molar-refractivity contribution < 1.29 is 5.11 Å². The fraction of sp³-hybridized carbons (Fsp3) is 0.538. The highest BCUT2D eigenvalue weighted by molar-refractivity contribution is 5.38. The van der Waals surface area contributed by atoms with Crippen molar-refractivity contribution in [1.29, 1.82) is 0 Å². The van der Waals surface area contributed by atoms with Crippen LogP contribution >= 0.6 is 0 Å². The minimum Gasteiger partial charge on any atom is -0.384 e. The number of hydrogen-bond acceptors (Lipinski definition) is 2. The number of aliphatic hydroxyl groups is 1. The second-order valence-electron chi connectivity index (χ2n) is 4.80. The molecule has 2 nitrogen and oxygen atoms in total. The summed E-state index contributed by atoms with van der Waals surface area (Å²) in [5.41, 5.74) is 3.42. The molecule has 1 aliphatic heterocycles. The van der Waals surface area contributed by atoms with E-state index in [1.807, 2.05) is 0 Å². The highest BCUT2D eigenvalue weighted by Gasteiger charge is 2.33. The van der Waals surface area contributed by atoms with Gasteiger partial charge in [-0.1, -0.05) is 18.2 Å². The number of β-amino-alcohol motifs (C(OH)–C–C–N with tert-alkyl or cyclic N) is 1. The zero-order valence-electron chi connectivity index (χ0n) is 8.92. The third-order valence-electron chi connectivity index (χ3n) is 3.77. The molecule has 3 rings (SSSR count). The molecular formula is C13H17NO. The van der Waals surface area contributed by atoms with Gasteiger partial charge in [0.15, 0.2) is 0 Å². The molecule has 1 aliphatic carbocycles. The summed E-state index contributed by atoms with van der Waals surface area (Å²) in [5, 5.41) is 13.7. The SMILES string of the molecule is OC1(c2ccc3c(c2)CCC3)CCNC1. The van der Waals surface area contributed by atoms with Gasteiger partial charge in [0.05, 0.1) is 0 Å². The molecule has 2 N–H and O–H groups in total. The smallest absolute Gasteiger partial charge is 0.103 e. The predicted molar refractivity (Wildman–Crippen MR) is 59.9 cm³/mol. The zero-order valence-corrected chi connectivity index (χ0v) is 8.92. The average molecular weight is 203 g/mol. The maximum Gasteiger partial charge on any atom is 0.103 e. The number of aryl methyl sites for hydroxylation is 2. The van der Waals surface area contributed by atoms with Gasteiger partial charge in [-0.05, 0) is 48.9 Å². The van der Waals surface area contributed by atoms with E-state index in [-0.39, 0.29) is 0 Å². The largest absolute Gasteiger partial charge is 0.384 e. The summed E-state index contributed by atoms with van der Waals surface area (Å²) in [7, 11) is 0. The summed E-state index contributed by atoms with van der Waals surface area (Å²) in [4.78, 5) is 0. The van der Waals surface area contributed by atoms with Gasteiger partial charge in [-0.15, -0.1) is 0 Å². The van der Waals surface area contributed by atoms with E-state index in [9.17, 15) is 5.11 Å². The normalized spacial score (nSPS) is 29.4. The van der Waals surface area contributed by atoms with Gasteiger partial charge < -0.3 is 10.4 Å². The molecule has 1 heterocycles. The van der Waals surface area contributed by atoms with Crippen molar-refractivity contribution in [3.8, 4) is 0 Å². The first-order chi connectivity index (χ1) is 7.28. The van der Waals surface area contributed by atoms with E-state index in [2.05, 4.69) is 23.5 Å². The monoisotopic (exact) mass is 203 g/mol. The molecule has 1 unspecified atom stereocenters. The van der Waals surface area contributed by atoms with Gasteiger partial charge in [-0.3, -0.25) is 0 Å². The molecule has 0 amide bonds. The molecule has 0 spiro atoms. The Morgan fingerprint density at radius 3 is 2.87 bits per heavy atom. The summed E-state index contributed by atoms with van der Waals surface area (Å²) in [6.45, 7) is 1.62. The lowest BCUT2D eigenvalue weighted by molar-refractivity contribution is 0.0587. The standard InChI is InChI=1S/C13H17NO/c15-13(6-7-14-9-13)12-5-4-10-2-1-3-11(10)8-12/h4-5,8,14-15H,1-3,6-7,9H2. The van der Waals surface area contributed by atoms with Crippen LogP contribution < -0.4 is 5.32 Å². The molecule has 1 fully saturated rings. The molecule has 0 aromatic heterocycles. The van der Waals surface area contributed by atoms with Crippen LogP contribution in [-0.4, -0.2) is 18.2 Å². The van der Waals surface area contributed by atoms with E-state index in [0.717, 1.165) is 18.5 Å². The molecule has 1 aromatic carbocycles. The molecule has 0 radical (unpaired) electrons. The minimum atomic E-state index is -0.613. The van der Waals surface area contributed by atoms with Crippen LogP contribution in [0.2, 0.25) is 0 Å².